The average molecular weight is 268 g/mol. The first-order chi connectivity index (χ1) is 8.59. The van der Waals surface area contributed by atoms with Gasteiger partial charge in [0, 0.05) is 25.3 Å². The molecule has 1 aliphatic rings. The molecule has 1 amide bonds. The molecule has 1 saturated heterocycles. The lowest BCUT2D eigenvalue weighted by Crippen LogP contribution is -2.42. The number of amides is 1. The number of rotatable bonds is 1. The van der Waals surface area contributed by atoms with Crippen LogP contribution in [0.15, 0.2) is 18.3 Å². The Morgan fingerprint density at radius 1 is 1.50 bits per heavy atom. The number of likely N-dealkylation sites (N-methyl/N-ethyl adjacent to an activating group) is 1. The highest BCUT2D eigenvalue weighted by atomic mass is 35.5. The van der Waals surface area contributed by atoms with Crippen LogP contribution in [0.1, 0.15) is 23.7 Å². The van der Waals surface area contributed by atoms with E-state index in [1.807, 2.05) is 4.90 Å². The molecule has 1 aliphatic heterocycles. The number of halogens is 1. The van der Waals surface area contributed by atoms with Gasteiger partial charge in [0.15, 0.2) is 0 Å². The molecule has 0 spiro atoms. The summed E-state index contributed by atoms with van der Waals surface area (Å²) < 4.78 is 0. The maximum atomic E-state index is 12.5. The molecule has 98 valence electrons. The predicted molar refractivity (Wildman–Crippen MR) is 71.9 cm³/mol. The molecule has 0 aromatic carbocycles. The number of carbonyl (C=O) groups excluding carboxylic acids is 1. The van der Waals surface area contributed by atoms with E-state index in [0.717, 1.165) is 26.1 Å². The Kier molecular flexibility index (Phi) is 4.19. The van der Waals surface area contributed by atoms with Crippen molar-refractivity contribution < 1.29 is 4.79 Å². The molecular formula is C13H18ClN3O. The number of hydrogen-bond acceptors (Lipinski definition) is 3. The fraction of sp³-hybridized carbons (Fsp3) is 0.538. The van der Waals surface area contributed by atoms with Crippen LogP contribution < -0.4 is 0 Å². The van der Waals surface area contributed by atoms with Gasteiger partial charge in [-0.15, -0.1) is 0 Å². The monoisotopic (exact) mass is 267 g/mol. The minimum absolute atomic E-state index is 0.0177. The molecule has 1 atom stereocenters. The molecule has 2 rings (SSSR count). The summed E-state index contributed by atoms with van der Waals surface area (Å²) in [6.07, 6.45) is 2.59. The van der Waals surface area contributed by atoms with Gasteiger partial charge in [-0.25, -0.2) is 4.98 Å². The third kappa shape index (κ3) is 2.82. The fourth-order valence-electron chi connectivity index (χ4n) is 2.37. The highest BCUT2D eigenvalue weighted by molar-refractivity contribution is 6.32. The van der Waals surface area contributed by atoms with Gasteiger partial charge in [0.1, 0.15) is 5.15 Å². The summed E-state index contributed by atoms with van der Waals surface area (Å²) >= 11 is 5.99. The zero-order valence-electron chi connectivity index (χ0n) is 10.8. The number of carbonyl (C=O) groups is 1. The van der Waals surface area contributed by atoms with E-state index in [2.05, 4.69) is 23.9 Å². The van der Waals surface area contributed by atoms with Crippen LogP contribution in [0, 0.1) is 0 Å². The van der Waals surface area contributed by atoms with Crippen molar-refractivity contribution in [2.24, 2.45) is 0 Å². The molecular weight excluding hydrogens is 250 g/mol. The van der Waals surface area contributed by atoms with Gasteiger partial charge in [-0.2, -0.15) is 0 Å². The van der Waals surface area contributed by atoms with E-state index >= 15 is 0 Å². The number of nitrogens with zero attached hydrogens (tertiary/aromatic N) is 3. The normalized spacial score (nSPS) is 21.7. The lowest BCUT2D eigenvalue weighted by atomic mass is 10.2. The molecule has 1 unspecified atom stereocenters. The summed E-state index contributed by atoms with van der Waals surface area (Å²) in [4.78, 5) is 20.6. The van der Waals surface area contributed by atoms with Crippen molar-refractivity contribution in [1.82, 2.24) is 14.8 Å². The van der Waals surface area contributed by atoms with Crippen molar-refractivity contribution in [3.8, 4) is 0 Å². The Hall–Kier alpha value is -1.13. The van der Waals surface area contributed by atoms with Crippen LogP contribution in [0.2, 0.25) is 5.15 Å². The lowest BCUT2D eigenvalue weighted by molar-refractivity contribution is 0.0696. The molecule has 0 saturated carbocycles. The molecule has 18 heavy (non-hydrogen) atoms. The van der Waals surface area contributed by atoms with Crippen LogP contribution in [0.4, 0.5) is 0 Å². The smallest absolute Gasteiger partial charge is 0.257 e. The highest BCUT2D eigenvalue weighted by Gasteiger charge is 2.26. The number of hydrogen-bond donors (Lipinski definition) is 0. The second-order valence-electron chi connectivity index (χ2n) is 4.81. The maximum Gasteiger partial charge on any atom is 0.257 e. The Morgan fingerprint density at radius 3 is 3.00 bits per heavy atom. The van der Waals surface area contributed by atoms with Crippen LogP contribution >= 0.6 is 11.6 Å². The molecule has 0 radical (unpaired) electrons. The van der Waals surface area contributed by atoms with Gasteiger partial charge in [-0.1, -0.05) is 11.6 Å². The Balaban J connectivity index is 2.20. The second kappa shape index (κ2) is 5.67. The minimum Gasteiger partial charge on any atom is -0.335 e. The molecule has 4 nitrogen and oxygen atoms in total. The molecule has 0 aliphatic carbocycles. The quantitative estimate of drug-likeness (QED) is 0.730. The van der Waals surface area contributed by atoms with Crippen molar-refractivity contribution in [2.75, 3.05) is 26.7 Å². The third-order valence-electron chi connectivity index (χ3n) is 3.30. The van der Waals surface area contributed by atoms with E-state index in [-0.39, 0.29) is 17.1 Å². The third-order valence-corrected chi connectivity index (χ3v) is 3.60. The van der Waals surface area contributed by atoms with Crippen LogP contribution in [0.3, 0.4) is 0 Å². The van der Waals surface area contributed by atoms with Gasteiger partial charge >= 0.3 is 0 Å². The molecule has 0 N–H and O–H groups in total. The van der Waals surface area contributed by atoms with Crippen molar-refractivity contribution in [3.05, 3.63) is 29.0 Å². The topological polar surface area (TPSA) is 36.4 Å². The summed E-state index contributed by atoms with van der Waals surface area (Å²) in [5.41, 5.74) is 0.496. The van der Waals surface area contributed by atoms with Gasteiger partial charge < -0.3 is 9.80 Å². The second-order valence-corrected chi connectivity index (χ2v) is 5.16. The lowest BCUT2D eigenvalue weighted by Gasteiger charge is -2.28. The van der Waals surface area contributed by atoms with Crippen LogP contribution in [0.25, 0.3) is 0 Å². The van der Waals surface area contributed by atoms with Crippen LogP contribution in [0.5, 0.6) is 0 Å². The zero-order valence-corrected chi connectivity index (χ0v) is 11.5. The largest absolute Gasteiger partial charge is 0.335 e. The van der Waals surface area contributed by atoms with Crippen molar-refractivity contribution in [1.29, 1.82) is 0 Å². The Labute approximate surface area is 113 Å². The Morgan fingerprint density at radius 2 is 2.28 bits per heavy atom. The van der Waals surface area contributed by atoms with E-state index in [1.54, 1.807) is 18.3 Å². The fourth-order valence-corrected chi connectivity index (χ4v) is 2.57. The van der Waals surface area contributed by atoms with Crippen molar-refractivity contribution >= 4 is 17.5 Å². The zero-order chi connectivity index (χ0) is 13.1. The van der Waals surface area contributed by atoms with Gasteiger partial charge in [-0.05, 0) is 39.1 Å². The SMILES string of the molecule is CC1CN(C)CCCN1C(=O)c1cccnc1Cl. The van der Waals surface area contributed by atoms with E-state index in [0.29, 0.717) is 5.56 Å². The van der Waals surface area contributed by atoms with E-state index in [4.69, 9.17) is 11.6 Å². The maximum absolute atomic E-state index is 12.5. The Bertz CT molecular complexity index is 438. The van der Waals surface area contributed by atoms with Crippen LogP contribution in [-0.4, -0.2) is 53.4 Å². The molecule has 1 aromatic rings. The van der Waals surface area contributed by atoms with E-state index in [9.17, 15) is 4.79 Å². The van der Waals surface area contributed by atoms with E-state index in [1.165, 1.54) is 0 Å². The molecule has 5 heteroatoms. The first kappa shape index (κ1) is 13.3. The predicted octanol–water partition coefficient (Wildman–Crippen LogP) is 1.90. The summed E-state index contributed by atoms with van der Waals surface area (Å²) in [6.45, 7) is 4.76. The van der Waals surface area contributed by atoms with Gasteiger partial charge in [-0.3, -0.25) is 4.79 Å². The summed E-state index contributed by atoms with van der Waals surface area (Å²) in [7, 11) is 2.08. The number of aromatic nitrogens is 1. The standard InChI is InChI=1S/C13H18ClN3O/c1-10-9-16(2)7-4-8-17(10)13(18)11-5-3-6-15-12(11)14/h3,5-6,10H,4,7-9H2,1-2H3. The summed E-state index contributed by atoms with van der Waals surface area (Å²) in [5, 5.41) is 0.285. The van der Waals surface area contributed by atoms with Crippen molar-refractivity contribution in [2.45, 2.75) is 19.4 Å². The molecule has 0 bridgehead atoms. The number of pyridine rings is 1. The molecule has 2 heterocycles. The minimum atomic E-state index is -0.0177. The van der Waals surface area contributed by atoms with Gasteiger partial charge in [0.05, 0.1) is 5.56 Å². The van der Waals surface area contributed by atoms with Crippen LogP contribution in [-0.2, 0) is 0 Å². The average Bonchev–Trinajstić information content (AvgIpc) is 2.50. The van der Waals surface area contributed by atoms with Gasteiger partial charge in [0.2, 0.25) is 0 Å². The summed E-state index contributed by atoms with van der Waals surface area (Å²) in [5.74, 6) is -0.0177. The summed E-state index contributed by atoms with van der Waals surface area (Å²) in [6, 6.07) is 3.67. The highest BCUT2D eigenvalue weighted by Crippen LogP contribution is 2.18. The first-order valence-corrected chi connectivity index (χ1v) is 6.57. The van der Waals surface area contributed by atoms with Gasteiger partial charge in [0.25, 0.3) is 5.91 Å². The molecule has 1 aromatic heterocycles. The van der Waals surface area contributed by atoms with E-state index < -0.39 is 0 Å². The first-order valence-electron chi connectivity index (χ1n) is 6.19. The molecule has 1 fully saturated rings. The van der Waals surface area contributed by atoms with Crippen molar-refractivity contribution in [3.63, 3.8) is 0 Å².